The largest absolute Gasteiger partial charge is 0.396 e. The summed E-state index contributed by atoms with van der Waals surface area (Å²) in [5.41, 5.74) is 0.631. The molecule has 3 atom stereocenters. The molecule has 7 heteroatoms. The Bertz CT molecular complexity index is 833. The number of aliphatic hydroxyl groups is 2. The van der Waals surface area contributed by atoms with Crippen molar-refractivity contribution >= 4 is 39.2 Å². The lowest BCUT2D eigenvalue weighted by atomic mass is 9.80. The summed E-state index contributed by atoms with van der Waals surface area (Å²) in [6, 6.07) is 16.5. The minimum Gasteiger partial charge on any atom is -0.396 e. The number of hydrogen-bond donors (Lipinski definition) is 4. The van der Waals surface area contributed by atoms with Gasteiger partial charge in [-0.3, -0.25) is 10.1 Å². The van der Waals surface area contributed by atoms with Crippen molar-refractivity contribution in [1.29, 1.82) is 0 Å². The highest BCUT2D eigenvalue weighted by Gasteiger charge is 2.48. The molecule has 1 aliphatic carbocycles. The molecule has 0 radical (unpaired) electrons. The van der Waals surface area contributed by atoms with Crippen molar-refractivity contribution in [3.05, 3.63) is 70.2 Å². The summed E-state index contributed by atoms with van der Waals surface area (Å²) < 4.78 is 0.887. The topological polar surface area (TPSA) is 81.6 Å². The fourth-order valence-corrected chi connectivity index (χ4v) is 4.40. The lowest BCUT2D eigenvalue weighted by molar-refractivity contribution is 0.0974. The van der Waals surface area contributed by atoms with E-state index in [2.05, 4.69) is 26.6 Å². The molecule has 0 aliphatic heterocycles. The number of nitrogens with one attached hydrogen (secondary N) is 2. The lowest BCUT2D eigenvalue weighted by Gasteiger charge is -2.37. The van der Waals surface area contributed by atoms with Gasteiger partial charge in [-0.25, -0.2) is 0 Å². The molecule has 0 bridgehead atoms. The summed E-state index contributed by atoms with van der Waals surface area (Å²) in [5.74, 6) is -0.551. The first-order chi connectivity index (χ1) is 12.9. The first-order valence-corrected chi connectivity index (χ1v) is 9.88. The third-order valence-electron chi connectivity index (χ3n) is 4.97. The maximum atomic E-state index is 12.4. The van der Waals surface area contributed by atoms with Crippen molar-refractivity contribution < 1.29 is 15.0 Å². The molecule has 0 heterocycles. The van der Waals surface area contributed by atoms with Crippen molar-refractivity contribution in [3.63, 3.8) is 0 Å². The van der Waals surface area contributed by atoms with Crippen molar-refractivity contribution in [3.8, 4) is 0 Å². The predicted octanol–water partition coefficient (Wildman–Crippen LogP) is 2.71. The molecule has 2 aromatic rings. The molecule has 0 saturated heterocycles. The quantitative estimate of drug-likeness (QED) is 0.540. The first kappa shape index (κ1) is 19.9. The van der Waals surface area contributed by atoms with Crippen LogP contribution in [0, 0.1) is 5.92 Å². The van der Waals surface area contributed by atoms with Crippen LogP contribution in [0.2, 0.25) is 0 Å². The molecular weight excluding hydrogens is 428 g/mol. The van der Waals surface area contributed by atoms with Gasteiger partial charge in [0.05, 0.1) is 11.6 Å². The number of hydrogen-bond acceptors (Lipinski definition) is 4. The summed E-state index contributed by atoms with van der Waals surface area (Å²) in [7, 11) is 0. The van der Waals surface area contributed by atoms with Crippen molar-refractivity contribution in [2.75, 3.05) is 6.61 Å². The van der Waals surface area contributed by atoms with Crippen LogP contribution in [0.4, 0.5) is 0 Å². The fourth-order valence-electron chi connectivity index (χ4n) is 3.73. The van der Waals surface area contributed by atoms with Crippen LogP contribution in [0.5, 0.6) is 0 Å². The molecule has 0 spiro atoms. The number of halogens is 1. The summed E-state index contributed by atoms with van der Waals surface area (Å²) in [6.45, 7) is -0.105. The van der Waals surface area contributed by atoms with Gasteiger partial charge in [0.15, 0.2) is 5.11 Å². The second-order valence-electron chi connectivity index (χ2n) is 6.73. The van der Waals surface area contributed by atoms with Gasteiger partial charge in [-0.15, -0.1) is 0 Å². The average molecular weight is 449 g/mol. The van der Waals surface area contributed by atoms with Crippen LogP contribution < -0.4 is 10.6 Å². The standard InChI is InChI=1S/C20H21BrN2O3S/c21-16-8-4-7-14(9-16)20(11-17(25)10-15(20)12-24)23-19(27)22-18(26)13-5-2-1-3-6-13/h1-9,15,17,24-25H,10-12H2,(H2,22,23,26,27). The lowest BCUT2D eigenvalue weighted by Crippen LogP contribution is -2.54. The number of carbonyl (C=O) groups is 1. The molecular formula is C20H21BrN2O3S. The van der Waals surface area contributed by atoms with Crippen molar-refractivity contribution in [2.45, 2.75) is 24.5 Å². The van der Waals surface area contributed by atoms with E-state index < -0.39 is 11.6 Å². The maximum Gasteiger partial charge on any atom is 0.257 e. The highest BCUT2D eigenvalue weighted by Crippen LogP contribution is 2.44. The van der Waals surface area contributed by atoms with E-state index in [1.807, 2.05) is 30.3 Å². The average Bonchev–Trinajstić information content (AvgIpc) is 2.98. The third kappa shape index (κ3) is 4.38. The smallest absolute Gasteiger partial charge is 0.257 e. The summed E-state index contributed by atoms with van der Waals surface area (Å²) >= 11 is 8.87. The molecule has 5 nitrogen and oxygen atoms in total. The molecule has 1 aliphatic rings. The number of benzene rings is 2. The zero-order valence-electron chi connectivity index (χ0n) is 14.6. The van der Waals surface area contributed by atoms with E-state index in [1.54, 1.807) is 24.3 Å². The van der Waals surface area contributed by atoms with Crippen LogP contribution in [0.1, 0.15) is 28.8 Å². The Hall–Kier alpha value is -1.80. The second kappa shape index (κ2) is 8.48. The zero-order chi connectivity index (χ0) is 19.4. The highest BCUT2D eigenvalue weighted by atomic mass is 79.9. The Kier molecular flexibility index (Phi) is 6.26. The van der Waals surface area contributed by atoms with E-state index >= 15 is 0 Å². The molecule has 4 N–H and O–H groups in total. The van der Waals surface area contributed by atoms with E-state index in [9.17, 15) is 15.0 Å². The van der Waals surface area contributed by atoms with E-state index in [-0.39, 0.29) is 23.5 Å². The molecule has 0 aromatic heterocycles. The van der Waals surface area contributed by atoms with E-state index in [0.717, 1.165) is 10.0 Å². The van der Waals surface area contributed by atoms with Gasteiger partial charge in [-0.05, 0) is 48.5 Å². The van der Waals surface area contributed by atoms with Gasteiger partial charge in [0, 0.05) is 29.0 Å². The Labute approximate surface area is 171 Å². The minimum atomic E-state index is -0.765. The third-order valence-corrected chi connectivity index (χ3v) is 5.67. The van der Waals surface area contributed by atoms with Crippen molar-refractivity contribution in [2.24, 2.45) is 5.92 Å². The summed E-state index contributed by atoms with van der Waals surface area (Å²) in [4.78, 5) is 12.4. The number of amides is 1. The maximum absolute atomic E-state index is 12.4. The van der Waals surface area contributed by atoms with E-state index in [0.29, 0.717) is 18.4 Å². The highest BCUT2D eigenvalue weighted by molar-refractivity contribution is 9.10. The van der Waals surface area contributed by atoms with Gasteiger partial charge in [0.2, 0.25) is 0 Å². The first-order valence-electron chi connectivity index (χ1n) is 8.68. The minimum absolute atomic E-state index is 0.105. The summed E-state index contributed by atoms with van der Waals surface area (Å²) in [5, 5.41) is 26.3. The monoisotopic (exact) mass is 448 g/mol. The SMILES string of the molecule is O=C(NC(=S)NC1(c2cccc(Br)c2)CC(O)CC1CO)c1ccccc1. The number of carbonyl (C=O) groups excluding carboxylic acids is 1. The summed E-state index contributed by atoms with van der Waals surface area (Å²) in [6.07, 6.45) is 0.266. The Balaban J connectivity index is 1.86. The predicted molar refractivity (Wildman–Crippen MR) is 111 cm³/mol. The Morgan fingerprint density at radius 1 is 1.22 bits per heavy atom. The van der Waals surface area contributed by atoms with Gasteiger partial charge in [0.1, 0.15) is 0 Å². The number of thiocarbonyl (C=S) groups is 1. The normalized spacial score (nSPS) is 24.4. The van der Waals surface area contributed by atoms with Crippen LogP contribution in [0.15, 0.2) is 59.1 Å². The van der Waals surface area contributed by atoms with Crippen LogP contribution in [0.25, 0.3) is 0 Å². The van der Waals surface area contributed by atoms with Gasteiger partial charge in [-0.1, -0.05) is 46.3 Å². The molecule has 142 valence electrons. The molecule has 1 amide bonds. The Morgan fingerprint density at radius 3 is 2.63 bits per heavy atom. The van der Waals surface area contributed by atoms with Crippen LogP contribution in [0.3, 0.4) is 0 Å². The van der Waals surface area contributed by atoms with Gasteiger partial charge in [0.25, 0.3) is 5.91 Å². The molecule has 1 fully saturated rings. The van der Waals surface area contributed by atoms with Crippen LogP contribution >= 0.6 is 28.1 Å². The molecule has 3 unspecified atom stereocenters. The van der Waals surface area contributed by atoms with E-state index in [1.165, 1.54) is 0 Å². The fraction of sp³-hybridized carbons (Fsp3) is 0.300. The van der Waals surface area contributed by atoms with Gasteiger partial charge in [-0.2, -0.15) is 0 Å². The zero-order valence-corrected chi connectivity index (χ0v) is 17.0. The number of rotatable bonds is 4. The molecule has 27 heavy (non-hydrogen) atoms. The van der Waals surface area contributed by atoms with E-state index in [4.69, 9.17) is 12.2 Å². The molecule has 2 aromatic carbocycles. The van der Waals surface area contributed by atoms with Crippen LogP contribution in [-0.2, 0) is 5.54 Å². The Morgan fingerprint density at radius 2 is 1.96 bits per heavy atom. The number of aliphatic hydroxyl groups excluding tert-OH is 2. The van der Waals surface area contributed by atoms with Gasteiger partial charge < -0.3 is 15.5 Å². The molecule has 3 rings (SSSR count). The van der Waals surface area contributed by atoms with Gasteiger partial charge >= 0.3 is 0 Å². The molecule has 1 saturated carbocycles. The van der Waals surface area contributed by atoms with Crippen molar-refractivity contribution in [1.82, 2.24) is 10.6 Å². The second-order valence-corrected chi connectivity index (χ2v) is 8.05. The van der Waals surface area contributed by atoms with Crippen LogP contribution in [-0.4, -0.2) is 33.9 Å².